The highest BCUT2D eigenvalue weighted by Crippen LogP contribution is 2.29. The quantitative estimate of drug-likeness (QED) is 0.821. The molecule has 0 aliphatic heterocycles. The molecule has 1 aliphatic carbocycles. The van der Waals surface area contributed by atoms with Crippen molar-refractivity contribution in [3.63, 3.8) is 0 Å². The van der Waals surface area contributed by atoms with Crippen molar-refractivity contribution in [3.8, 4) is 5.75 Å². The summed E-state index contributed by atoms with van der Waals surface area (Å²) in [7, 11) is 0. The van der Waals surface area contributed by atoms with E-state index in [0.717, 1.165) is 36.7 Å². The minimum Gasteiger partial charge on any atom is -0.493 e. The number of hydrogen-bond acceptors (Lipinski definition) is 2. The molecule has 2 nitrogen and oxygen atoms in total. The number of aliphatic hydroxyl groups is 1. The fourth-order valence-corrected chi connectivity index (χ4v) is 2.74. The molecule has 0 bridgehead atoms. The highest BCUT2D eigenvalue weighted by Gasteiger charge is 2.15. The molecule has 0 saturated heterocycles. The fourth-order valence-electron chi connectivity index (χ4n) is 2.74. The van der Waals surface area contributed by atoms with Crippen LogP contribution >= 0.6 is 0 Å². The predicted molar refractivity (Wildman–Crippen MR) is 73.8 cm³/mol. The first kappa shape index (κ1) is 13.4. The summed E-state index contributed by atoms with van der Waals surface area (Å²) in [5.74, 6) is 1.71. The molecule has 2 rings (SSSR count). The lowest BCUT2D eigenvalue weighted by Gasteiger charge is -2.16. The van der Waals surface area contributed by atoms with Crippen molar-refractivity contribution in [2.75, 3.05) is 6.61 Å². The van der Waals surface area contributed by atoms with Crippen LogP contribution in [0.15, 0.2) is 24.3 Å². The number of rotatable bonds is 6. The van der Waals surface area contributed by atoms with Crippen LogP contribution in [0.3, 0.4) is 0 Å². The summed E-state index contributed by atoms with van der Waals surface area (Å²) in [6.07, 6.45) is 6.96. The van der Waals surface area contributed by atoms with Crippen LogP contribution in [0.25, 0.3) is 0 Å². The van der Waals surface area contributed by atoms with E-state index in [9.17, 15) is 5.11 Å². The van der Waals surface area contributed by atoms with Crippen LogP contribution in [0, 0.1) is 5.92 Å². The average Bonchev–Trinajstić information content (AvgIpc) is 2.92. The summed E-state index contributed by atoms with van der Waals surface area (Å²) in [6.45, 7) is 2.76. The summed E-state index contributed by atoms with van der Waals surface area (Å²) in [5, 5.41) is 9.94. The van der Waals surface area contributed by atoms with Gasteiger partial charge in [-0.15, -0.1) is 0 Å². The van der Waals surface area contributed by atoms with Gasteiger partial charge in [0.15, 0.2) is 0 Å². The zero-order valence-electron chi connectivity index (χ0n) is 11.3. The number of aliphatic hydroxyl groups excluding tert-OH is 1. The molecule has 2 heteroatoms. The Balaban J connectivity index is 1.87. The largest absolute Gasteiger partial charge is 0.493 e. The first-order valence-corrected chi connectivity index (χ1v) is 7.21. The Kier molecular flexibility index (Phi) is 5.06. The molecule has 1 aliphatic rings. The van der Waals surface area contributed by atoms with Crippen LogP contribution in [0.1, 0.15) is 57.1 Å². The van der Waals surface area contributed by atoms with Crippen LogP contribution in [0.2, 0.25) is 0 Å². The molecular weight excluding hydrogens is 224 g/mol. The Morgan fingerprint density at radius 2 is 2.00 bits per heavy atom. The van der Waals surface area contributed by atoms with Crippen molar-refractivity contribution in [1.82, 2.24) is 0 Å². The monoisotopic (exact) mass is 248 g/mol. The smallest absolute Gasteiger partial charge is 0.125 e. The molecule has 0 unspecified atom stereocenters. The molecule has 0 radical (unpaired) electrons. The molecule has 1 fully saturated rings. The molecule has 100 valence electrons. The maximum absolute atomic E-state index is 9.94. The van der Waals surface area contributed by atoms with Gasteiger partial charge in [-0.25, -0.2) is 0 Å². The summed E-state index contributed by atoms with van der Waals surface area (Å²) in [5.41, 5.74) is 0.923. The van der Waals surface area contributed by atoms with E-state index in [-0.39, 0.29) is 0 Å². The summed E-state index contributed by atoms with van der Waals surface area (Å²) in [6, 6.07) is 7.84. The van der Waals surface area contributed by atoms with Gasteiger partial charge in [0, 0.05) is 5.56 Å². The second-order valence-corrected chi connectivity index (χ2v) is 5.25. The van der Waals surface area contributed by atoms with E-state index in [1.165, 1.54) is 25.7 Å². The Bertz CT molecular complexity index is 356. The summed E-state index contributed by atoms with van der Waals surface area (Å²) in [4.78, 5) is 0. The second-order valence-electron chi connectivity index (χ2n) is 5.25. The highest BCUT2D eigenvalue weighted by atomic mass is 16.5. The van der Waals surface area contributed by atoms with Gasteiger partial charge in [-0.2, -0.15) is 0 Å². The lowest BCUT2D eigenvalue weighted by atomic mass is 10.0. The predicted octanol–water partition coefficient (Wildman–Crippen LogP) is 4.09. The standard InChI is InChI=1S/C16H24O2/c1-2-15(17)14-9-5-6-10-16(14)18-12-11-13-7-3-4-8-13/h5-6,9-10,13,15,17H,2-4,7-8,11-12H2,1H3/t15-/m1/s1. The minimum atomic E-state index is -0.410. The maximum atomic E-state index is 9.94. The van der Waals surface area contributed by atoms with Crippen molar-refractivity contribution < 1.29 is 9.84 Å². The summed E-state index contributed by atoms with van der Waals surface area (Å²) < 4.78 is 5.86. The van der Waals surface area contributed by atoms with E-state index in [4.69, 9.17) is 4.74 Å². The number of para-hydroxylation sites is 1. The number of ether oxygens (including phenoxy) is 1. The van der Waals surface area contributed by atoms with Crippen molar-refractivity contribution in [3.05, 3.63) is 29.8 Å². The van der Waals surface area contributed by atoms with Gasteiger partial charge in [0.1, 0.15) is 5.75 Å². The Hall–Kier alpha value is -1.02. The van der Waals surface area contributed by atoms with E-state index in [1.54, 1.807) is 0 Å². The first-order chi connectivity index (χ1) is 8.81. The number of benzene rings is 1. The third-order valence-corrected chi connectivity index (χ3v) is 3.92. The van der Waals surface area contributed by atoms with Gasteiger partial charge in [0.05, 0.1) is 12.7 Å². The van der Waals surface area contributed by atoms with Crippen molar-refractivity contribution in [2.24, 2.45) is 5.92 Å². The topological polar surface area (TPSA) is 29.5 Å². The molecular formula is C16H24O2. The molecule has 1 N–H and O–H groups in total. The second kappa shape index (κ2) is 6.79. The summed E-state index contributed by atoms with van der Waals surface area (Å²) >= 11 is 0. The highest BCUT2D eigenvalue weighted by molar-refractivity contribution is 5.34. The van der Waals surface area contributed by atoms with Gasteiger partial charge in [0.25, 0.3) is 0 Å². The van der Waals surface area contributed by atoms with Gasteiger partial charge in [0.2, 0.25) is 0 Å². The maximum Gasteiger partial charge on any atom is 0.125 e. The van der Waals surface area contributed by atoms with Gasteiger partial charge in [-0.3, -0.25) is 0 Å². The molecule has 0 spiro atoms. The van der Waals surface area contributed by atoms with Crippen LogP contribution in [-0.2, 0) is 0 Å². The zero-order valence-corrected chi connectivity index (χ0v) is 11.3. The van der Waals surface area contributed by atoms with Crippen molar-refractivity contribution >= 4 is 0 Å². The van der Waals surface area contributed by atoms with Crippen molar-refractivity contribution in [1.29, 1.82) is 0 Å². The van der Waals surface area contributed by atoms with Gasteiger partial charge in [-0.05, 0) is 24.8 Å². The Morgan fingerprint density at radius 1 is 1.28 bits per heavy atom. The fraction of sp³-hybridized carbons (Fsp3) is 0.625. The van der Waals surface area contributed by atoms with Crippen LogP contribution in [0.4, 0.5) is 0 Å². The SMILES string of the molecule is CC[C@@H](O)c1ccccc1OCCC1CCCC1. The Labute approximate surface area is 110 Å². The van der Waals surface area contributed by atoms with Crippen molar-refractivity contribution in [2.45, 2.75) is 51.6 Å². The van der Waals surface area contributed by atoms with E-state index in [1.807, 2.05) is 31.2 Å². The number of hydrogen-bond donors (Lipinski definition) is 1. The molecule has 0 amide bonds. The Morgan fingerprint density at radius 3 is 2.72 bits per heavy atom. The molecule has 0 aromatic heterocycles. The molecule has 0 heterocycles. The van der Waals surface area contributed by atoms with E-state index in [2.05, 4.69) is 0 Å². The molecule has 1 saturated carbocycles. The third kappa shape index (κ3) is 3.49. The van der Waals surface area contributed by atoms with Crippen LogP contribution in [0.5, 0.6) is 5.75 Å². The lowest BCUT2D eigenvalue weighted by molar-refractivity contribution is 0.166. The van der Waals surface area contributed by atoms with Gasteiger partial charge >= 0.3 is 0 Å². The molecule has 18 heavy (non-hydrogen) atoms. The third-order valence-electron chi connectivity index (χ3n) is 3.92. The van der Waals surface area contributed by atoms with Crippen LogP contribution < -0.4 is 4.74 Å². The van der Waals surface area contributed by atoms with Gasteiger partial charge < -0.3 is 9.84 Å². The first-order valence-electron chi connectivity index (χ1n) is 7.21. The molecule has 1 aromatic rings. The normalized spacial score (nSPS) is 17.9. The average molecular weight is 248 g/mol. The van der Waals surface area contributed by atoms with E-state index in [0.29, 0.717) is 0 Å². The lowest BCUT2D eigenvalue weighted by Crippen LogP contribution is -2.06. The van der Waals surface area contributed by atoms with E-state index < -0.39 is 6.10 Å². The zero-order chi connectivity index (χ0) is 12.8. The van der Waals surface area contributed by atoms with Gasteiger partial charge in [-0.1, -0.05) is 50.8 Å². The molecule has 1 aromatic carbocycles. The minimum absolute atomic E-state index is 0.410. The molecule has 1 atom stereocenters. The van der Waals surface area contributed by atoms with Crippen LogP contribution in [-0.4, -0.2) is 11.7 Å². The van der Waals surface area contributed by atoms with E-state index >= 15 is 0 Å².